The SMILES string of the molecule is CCCN(CCC)Cc1c(C(=O)N/N=C/c2ccc(Cl)cc2)nnn1-c1nonc1N. The number of rotatable bonds is 10. The summed E-state index contributed by atoms with van der Waals surface area (Å²) in [5.74, 6) is -0.273. The number of carbonyl (C=O) groups excluding carboxylic acids is 1. The summed E-state index contributed by atoms with van der Waals surface area (Å²) in [6, 6.07) is 7.04. The summed E-state index contributed by atoms with van der Waals surface area (Å²) >= 11 is 5.87. The van der Waals surface area contributed by atoms with Gasteiger partial charge >= 0.3 is 0 Å². The third-order valence-electron chi connectivity index (χ3n) is 4.38. The molecule has 0 spiro atoms. The fraction of sp³-hybridized carbons (Fsp3) is 0.368. The van der Waals surface area contributed by atoms with Crippen molar-refractivity contribution in [2.24, 2.45) is 5.10 Å². The van der Waals surface area contributed by atoms with E-state index in [0.717, 1.165) is 31.5 Å². The zero-order chi connectivity index (χ0) is 22.2. The maximum atomic E-state index is 12.8. The van der Waals surface area contributed by atoms with Crippen molar-refractivity contribution in [3.63, 3.8) is 0 Å². The predicted molar refractivity (Wildman–Crippen MR) is 116 cm³/mol. The highest BCUT2D eigenvalue weighted by Gasteiger charge is 2.25. The molecule has 3 aromatic rings. The van der Waals surface area contributed by atoms with Crippen LogP contribution in [-0.2, 0) is 6.54 Å². The van der Waals surface area contributed by atoms with Crippen LogP contribution in [0.2, 0.25) is 5.02 Å². The zero-order valence-corrected chi connectivity index (χ0v) is 18.1. The first-order valence-electron chi connectivity index (χ1n) is 9.87. The molecule has 164 valence electrons. The standard InChI is InChI=1S/C19H24ClN9O2/c1-3-9-28(10-4-2)12-15-16(23-27-29(15)18-17(21)25-31-26-18)19(30)24-22-11-13-5-7-14(20)8-6-13/h5-8,11H,3-4,9-10,12H2,1-2H3,(H2,21,25)(H,24,30)/b22-11+. The average molecular weight is 446 g/mol. The lowest BCUT2D eigenvalue weighted by molar-refractivity contribution is 0.0947. The Hall–Kier alpha value is -3.31. The van der Waals surface area contributed by atoms with Crippen LogP contribution < -0.4 is 11.2 Å². The molecule has 0 radical (unpaired) electrons. The van der Waals surface area contributed by atoms with E-state index >= 15 is 0 Å². The van der Waals surface area contributed by atoms with Crippen molar-refractivity contribution in [1.29, 1.82) is 0 Å². The van der Waals surface area contributed by atoms with Crippen LogP contribution >= 0.6 is 11.6 Å². The number of hydrogen-bond acceptors (Lipinski definition) is 9. The van der Waals surface area contributed by atoms with Gasteiger partial charge in [-0.3, -0.25) is 9.69 Å². The summed E-state index contributed by atoms with van der Waals surface area (Å²) in [6.07, 6.45) is 3.43. The minimum absolute atomic E-state index is 0.0522. The second-order valence-electron chi connectivity index (χ2n) is 6.80. The first kappa shape index (κ1) is 22.4. The maximum Gasteiger partial charge on any atom is 0.293 e. The average Bonchev–Trinajstić information content (AvgIpc) is 3.35. The van der Waals surface area contributed by atoms with E-state index in [9.17, 15) is 4.79 Å². The molecule has 0 saturated heterocycles. The molecule has 0 saturated carbocycles. The molecule has 0 aliphatic carbocycles. The maximum absolute atomic E-state index is 12.8. The van der Waals surface area contributed by atoms with Crippen LogP contribution in [0.25, 0.3) is 5.82 Å². The fourth-order valence-corrected chi connectivity index (χ4v) is 3.14. The van der Waals surface area contributed by atoms with Crippen LogP contribution in [0.4, 0.5) is 5.82 Å². The summed E-state index contributed by atoms with van der Waals surface area (Å²) in [6.45, 7) is 6.31. The van der Waals surface area contributed by atoms with Gasteiger partial charge in [-0.15, -0.1) is 5.10 Å². The first-order chi connectivity index (χ1) is 15.0. The largest absolute Gasteiger partial charge is 0.378 e. The number of nitrogen functional groups attached to an aromatic ring is 1. The first-order valence-corrected chi connectivity index (χ1v) is 10.3. The topological polar surface area (TPSA) is 140 Å². The molecule has 0 atom stereocenters. The summed E-state index contributed by atoms with van der Waals surface area (Å²) < 4.78 is 6.06. The lowest BCUT2D eigenvalue weighted by Gasteiger charge is -2.21. The van der Waals surface area contributed by atoms with Crippen LogP contribution in [0.3, 0.4) is 0 Å². The molecule has 31 heavy (non-hydrogen) atoms. The van der Waals surface area contributed by atoms with Crippen molar-refractivity contribution >= 4 is 29.5 Å². The van der Waals surface area contributed by atoms with Crippen molar-refractivity contribution in [3.8, 4) is 5.82 Å². The molecule has 0 bridgehead atoms. The molecule has 1 aromatic carbocycles. The van der Waals surface area contributed by atoms with E-state index in [1.54, 1.807) is 24.3 Å². The van der Waals surface area contributed by atoms with Gasteiger partial charge in [-0.2, -0.15) is 9.78 Å². The Morgan fingerprint density at radius 3 is 2.58 bits per heavy atom. The highest BCUT2D eigenvalue weighted by atomic mass is 35.5. The van der Waals surface area contributed by atoms with E-state index in [4.69, 9.17) is 17.3 Å². The van der Waals surface area contributed by atoms with E-state index in [0.29, 0.717) is 17.3 Å². The van der Waals surface area contributed by atoms with Gasteiger partial charge in [-0.1, -0.05) is 42.8 Å². The number of amides is 1. The molecule has 0 fully saturated rings. The molecule has 3 N–H and O–H groups in total. The number of nitrogens with two attached hydrogens (primary N) is 1. The lowest BCUT2D eigenvalue weighted by atomic mass is 10.2. The predicted octanol–water partition coefficient (Wildman–Crippen LogP) is 2.27. The fourth-order valence-electron chi connectivity index (χ4n) is 3.01. The van der Waals surface area contributed by atoms with Crippen molar-refractivity contribution in [2.45, 2.75) is 33.2 Å². The van der Waals surface area contributed by atoms with Gasteiger partial charge in [0.25, 0.3) is 5.91 Å². The number of hydrogen-bond donors (Lipinski definition) is 2. The van der Waals surface area contributed by atoms with Gasteiger partial charge in [0, 0.05) is 11.6 Å². The lowest BCUT2D eigenvalue weighted by Crippen LogP contribution is -2.28. The Kier molecular flexibility index (Phi) is 7.68. The number of halogens is 1. The smallest absolute Gasteiger partial charge is 0.293 e. The summed E-state index contributed by atoms with van der Waals surface area (Å²) in [5, 5.41) is 20.1. The molecule has 1 amide bonds. The van der Waals surface area contributed by atoms with Gasteiger partial charge in [0.2, 0.25) is 11.6 Å². The Morgan fingerprint density at radius 2 is 1.97 bits per heavy atom. The van der Waals surface area contributed by atoms with Gasteiger partial charge in [0.05, 0.1) is 11.9 Å². The van der Waals surface area contributed by atoms with Crippen LogP contribution in [0.1, 0.15) is 48.4 Å². The molecule has 0 aliphatic heterocycles. The second-order valence-corrected chi connectivity index (χ2v) is 7.23. The van der Waals surface area contributed by atoms with Crippen molar-refractivity contribution in [1.82, 2.24) is 35.6 Å². The van der Waals surface area contributed by atoms with Crippen molar-refractivity contribution < 1.29 is 9.42 Å². The van der Waals surface area contributed by atoms with E-state index in [-0.39, 0.29) is 17.3 Å². The number of carbonyl (C=O) groups is 1. The van der Waals surface area contributed by atoms with E-state index in [2.05, 4.69) is 54.5 Å². The highest BCUT2D eigenvalue weighted by Crippen LogP contribution is 2.18. The van der Waals surface area contributed by atoms with Gasteiger partial charge in [-0.25, -0.2) is 10.1 Å². The van der Waals surface area contributed by atoms with Gasteiger partial charge in [0.1, 0.15) is 0 Å². The minimum Gasteiger partial charge on any atom is -0.378 e. The van der Waals surface area contributed by atoms with Crippen LogP contribution in [0.15, 0.2) is 34.0 Å². The van der Waals surface area contributed by atoms with Crippen LogP contribution in [0.5, 0.6) is 0 Å². The highest BCUT2D eigenvalue weighted by molar-refractivity contribution is 6.30. The Balaban J connectivity index is 1.86. The number of nitrogens with one attached hydrogen (secondary N) is 1. The Bertz CT molecular complexity index is 1020. The van der Waals surface area contributed by atoms with E-state index < -0.39 is 5.91 Å². The van der Waals surface area contributed by atoms with Crippen molar-refractivity contribution in [3.05, 3.63) is 46.2 Å². The third kappa shape index (κ3) is 5.64. The van der Waals surface area contributed by atoms with Crippen LogP contribution in [0, 0.1) is 0 Å². The molecular weight excluding hydrogens is 422 g/mol. The van der Waals surface area contributed by atoms with E-state index in [1.807, 2.05) is 0 Å². The second kappa shape index (κ2) is 10.6. The zero-order valence-electron chi connectivity index (χ0n) is 17.3. The van der Waals surface area contributed by atoms with Crippen LogP contribution in [-0.4, -0.2) is 55.4 Å². The Morgan fingerprint density at radius 1 is 1.26 bits per heavy atom. The Labute approximate surface area is 184 Å². The van der Waals surface area contributed by atoms with Crippen molar-refractivity contribution in [2.75, 3.05) is 18.8 Å². The molecule has 3 rings (SSSR count). The monoisotopic (exact) mass is 445 g/mol. The quantitative estimate of drug-likeness (QED) is 0.357. The minimum atomic E-state index is -0.505. The summed E-state index contributed by atoms with van der Waals surface area (Å²) in [7, 11) is 0. The number of hydrazone groups is 1. The van der Waals surface area contributed by atoms with Gasteiger partial charge < -0.3 is 5.73 Å². The molecule has 2 aromatic heterocycles. The molecule has 2 heterocycles. The molecular formula is C19H24ClN9O2. The number of benzene rings is 1. The molecule has 11 nitrogen and oxygen atoms in total. The summed E-state index contributed by atoms with van der Waals surface area (Å²) in [5.41, 5.74) is 9.73. The number of nitrogens with zero attached hydrogens (tertiary/aromatic N) is 7. The van der Waals surface area contributed by atoms with Gasteiger partial charge in [-0.05, 0) is 53.9 Å². The molecule has 0 aliphatic rings. The molecule has 12 heteroatoms. The number of anilines is 1. The number of aromatic nitrogens is 5. The third-order valence-corrected chi connectivity index (χ3v) is 4.63. The summed E-state index contributed by atoms with van der Waals surface area (Å²) in [4.78, 5) is 15.0. The van der Waals surface area contributed by atoms with Gasteiger partial charge in [0.15, 0.2) is 5.69 Å². The normalized spacial score (nSPS) is 11.5. The molecule has 0 unspecified atom stereocenters. The van der Waals surface area contributed by atoms with E-state index in [1.165, 1.54) is 10.9 Å².